The van der Waals surface area contributed by atoms with Crippen LogP contribution >= 0.6 is 11.6 Å². The number of nitrogens with zero attached hydrogens (tertiary/aromatic N) is 4. The zero-order valence-electron chi connectivity index (χ0n) is 21.6. The molecule has 0 amide bonds. The van der Waals surface area contributed by atoms with Gasteiger partial charge < -0.3 is 5.32 Å². The van der Waals surface area contributed by atoms with E-state index >= 15 is 0 Å². The van der Waals surface area contributed by atoms with Crippen LogP contribution in [0.25, 0.3) is 28.0 Å². The molecule has 3 aromatic carbocycles. The predicted octanol–water partition coefficient (Wildman–Crippen LogP) is 5.30. The van der Waals surface area contributed by atoms with Gasteiger partial charge in [-0.1, -0.05) is 78.3 Å². The molecule has 1 unspecified atom stereocenters. The van der Waals surface area contributed by atoms with E-state index in [0.717, 1.165) is 54.4 Å². The average Bonchev–Trinajstić information content (AvgIpc) is 3.33. The largest absolute Gasteiger partial charge is 0.370 e. The van der Waals surface area contributed by atoms with Crippen LogP contribution < -0.4 is 10.8 Å². The van der Waals surface area contributed by atoms with Gasteiger partial charge in [-0.25, -0.2) is 4.98 Å². The van der Waals surface area contributed by atoms with Gasteiger partial charge in [-0.05, 0) is 59.6 Å². The Bertz CT molecular complexity index is 1550. The van der Waals surface area contributed by atoms with E-state index in [1.807, 2.05) is 42.8 Å². The quantitative estimate of drug-likeness (QED) is 0.296. The van der Waals surface area contributed by atoms with Crippen molar-refractivity contribution in [2.24, 2.45) is 5.92 Å². The highest BCUT2D eigenvalue weighted by Gasteiger charge is 2.21. The van der Waals surface area contributed by atoms with Crippen molar-refractivity contribution in [3.8, 4) is 22.4 Å². The number of rotatable bonds is 7. The van der Waals surface area contributed by atoms with Crippen LogP contribution in [0.1, 0.15) is 18.4 Å². The average molecular weight is 520 g/mol. The topological polar surface area (TPSA) is 45.5 Å². The summed E-state index contributed by atoms with van der Waals surface area (Å²) in [5.74, 6) is 1.51. The Morgan fingerprint density at radius 1 is 0.947 bits per heavy atom. The summed E-state index contributed by atoms with van der Waals surface area (Å²) in [5, 5.41) is 9.00. The van der Waals surface area contributed by atoms with Crippen molar-refractivity contribution in [2.75, 3.05) is 25.0 Å². The van der Waals surface area contributed by atoms with Crippen LogP contribution in [-0.2, 0) is 6.54 Å². The molecule has 1 saturated heterocycles. The highest BCUT2D eigenvalue weighted by atomic mass is 35.5. The molecule has 1 aliphatic heterocycles. The van der Waals surface area contributed by atoms with E-state index < -0.39 is 0 Å². The Kier molecular flexibility index (Phi) is 7.17. The summed E-state index contributed by atoms with van der Waals surface area (Å²) >= 11 is 6.51. The standard InChI is InChI=1S/C31H31BClN5/c32-27-19-35-38-30(17-29(36-31(27)38)26-13-4-5-14-28(26)33)34-18-23-9-7-15-37(21-23)20-22-8-6-12-25(16-22)24-10-2-1-3-11-24/h1-6,8,10-14,16-17,19,23,34H,7,9,15,18,20-21,32H2. The minimum absolute atomic E-state index is 0.560. The Balaban J connectivity index is 1.16. The van der Waals surface area contributed by atoms with Crippen molar-refractivity contribution >= 4 is 36.4 Å². The van der Waals surface area contributed by atoms with E-state index in [-0.39, 0.29) is 0 Å². The molecular weight excluding hydrogens is 489 g/mol. The maximum Gasteiger partial charge on any atom is 0.151 e. The van der Waals surface area contributed by atoms with Crippen LogP contribution in [0.4, 0.5) is 5.82 Å². The molecule has 1 atom stereocenters. The summed E-state index contributed by atoms with van der Waals surface area (Å²) in [6, 6.07) is 29.5. The lowest BCUT2D eigenvalue weighted by molar-refractivity contribution is 0.173. The first-order valence-electron chi connectivity index (χ1n) is 13.3. The summed E-state index contributed by atoms with van der Waals surface area (Å²) in [7, 11) is 2.04. The van der Waals surface area contributed by atoms with Gasteiger partial charge >= 0.3 is 0 Å². The number of benzene rings is 3. The summed E-state index contributed by atoms with van der Waals surface area (Å²) in [6.07, 6.45) is 4.30. The number of nitrogens with one attached hydrogen (secondary N) is 1. The maximum absolute atomic E-state index is 6.51. The fraction of sp³-hybridized carbons (Fsp3) is 0.226. The number of hydrogen-bond acceptors (Lipinski definition) is 4. The van der Waals surface area contributed by atoms with Crippen molar-refractivity contribution in [3.05, 3.63) is 102 Å². The van der Waals surface area contributed by atoms with Gasteiger partial charge in [0, 0.05) is 42.5 Å². The molecule has 5 nitrogen and oxygen atoms in total. The molecule has 1 aliphatic rings. The fourth-order valence-corrected chi connectivity index (χ4v) is 5.69. The maximum atomic E-state index is 6.51. The van der Waals surface area contributed by atoms with Gasteiger partial charge in [0.1, 0.15) is 13.7 Å². The molecule has 5 aromatic rings. The molecule has 3 heterocycles. The van der Waals surface area contributed by atoms with Gasteiger partial charge in [0.15, 0.2) is 5.65 Å². The van der Waals surface area contributed by atoms with Crippen molar-refractivity contribution in [1.82, 2.24) is 19.5 Å². The second kappa shape index (κ2) is 11.0. The Morgan fingerprint density at radius 3 is 2.63 bits per heavy atom. The fourth-order valence-electron chi connectivity index (χ4n) is 5.45. The number of hydrogen-bond donors (Lipinski definition) is 1. The van der Waals surface area contributed by atoms with Crippen LogP contribution in [0.15, 0.2) is 91.1 Å². The first-order valence-corrected chi connectivity index (χ1v) is 13.7. The third-order valence-electron chi connectivity index (χ3n) is 7.41. The molecule has 2 aromatic heterocycles. The Labute approximate surface area is 229 Å². The van der Waals surface area contributed by atoms with Gasteiger partial charge in [0.2, 0.25) is 0 Å². The van der Waals surface area contributed by atoms with Crippen LogP contribution in [-0.4, -0.2) is 47.0 Å². The van der Waals surface area contributed by atoms with Crippen LogP contribution in [0.3, 0.4) is 0 Å². The lowest BCUT2D eigenvalue weighted by Crippen LogP contribution is -2.37. The number of anilines is 1. The van der Waals surface area contributed by atoms with Crippen molar-refractivity contribution in [2.45, 2.75) is 19.4 Å². The number of piperidine rings is 1. The first-order chi connectivity index (χ1) is 18.6. The number of aromatic nitrogens is 3. The third kappa shape index (κ3) is 5.33. The second-order valence-corrected chi connectivity index (χ2v) is 10.7. The molecule has 190 valence electrons. The molecule has 1 fully saturated rings. The smallest absolute Gasteiger partial charge is 0.151 e. The molecular formula is C31H31BClN5. The van der Waals surface area contributed by atoms with Crippen LogP contribution in [0.5, 0.6) is 0 Å². The van der Waals surface area contributed by atoms with Gasteiger partial charge in [-0.2, -0.15) is 9.61 Å². The third-order valence-corrected chi connectivity index (χ3v) is 7.74. The lowest BCUT2D eigenvalue weighted by Gasteiger charge is -2.33. The van der Waals surface area contributed by atoms with Crippen molar-refractivity contribution < 1.29 is 0 Å². The van der Waals surface area contributed by atoms with Crippen LogP contribution in [0, 0.1) is 5.92 Å². The molecule has 6 rings (SSSR count). The highest BCUT2D eigenvalue weighted by molar-refractivity contribution is 6.36. The molecule has 0 radical (unpaired) electrons. The summed E-state index contributed by atoms with van der Waals surface area (Å²) in [5.41, 5.74) is 7.61. The molecule has 7 heteroatoms. The molecule has 38 heavy (non-hydrogen) atoms. The molecule has 0 bridgehead atoms. The summed E-state index contributed by atoms with van der Waals surface area (Å²) < 4.78 is 1.91. The predicted molar refractivity (Wildman–Crippen MR) is 160 cm³/mol. The first kappa shape index (κ1) is 24.7. The zero-order chi connectivity index (χ0) is 25.9. The zero-order valence-corrected chi connectivity index (χ0v) is 22.4. The van der Waals surface area contributed by atoms with Gasteiger partial charge in [-0.15, -0.1) is 0 Å². The van der Waals surface area contributed by atoms with Gasteiger partial charge in [0.25, 0.3) is 0 Å². The van der Waals surface area contributed by atoms with E-state index in [1.165, 1.54) is 29.5 Å². The molecule has 0 spiro atoms. The Morgan fingerprint density at radius 2 is 1.76 bits per heavy atom. The normalized spacial score (nSPS) is 16.1. The summed E-state index contributed by atoms with van der Waals surface area (Å²) in [6.45, 7) is 4.08. The monoisotopic (exact) mass is 519 g/mol. The van der Waals surface area contributed by atoms with Gasteiger partial charge in [0.05, 0.1) is 5.69 Å². The number of likely N-dealkylation sites (tertiary alicyclic amines) is 1. The van der Waals surface area contributed by atoms with Crippen molar-refractivity contribution in [3.63, 3.8) is 0 Å². The van der Waals surface area contributed by atoms with E-state index in [2.05, 4.69) is 76.0 Å². The minimum atomic E-state index is 0.560. The second-order valence-electron chi connectivity index (χ2n) is 10.3. The molecule has 0 saturated carbocycles. The SMILES string of the molecule is Bc1cnn2c(NCC3CCCN(Cc4cccc(-c5ccccc5)c4)C3)cc(-c3ccccc3Cl)nc12. The van der Waals surface area contributed by atoms with Crippen LogP contribution in [0.2, 0.25) is 5.02 Å². The Hall–Kier alpha value is -3.61. The van der Waals surface area contributed by atoms with E-state index in [1.54, 1.807) is 0 Å². The van der Waals surface area contributed by atoms with Crippen molar-refractivity contribution in [1.29, 1.82) is 0 Å². The highest BCUT2D eigenvalue weighted by Crippen LogP contribution is 2.29. The number of fused-ring (bicyclic) bond motifs is 1. The summed E-state index contributed by atoms with van der Waals surface area (Å²) in [4.78, 5) is 7.47. The number of halogens is 1. The minimum Gasteiger partial charge on any atom is -0.370 e. The van der Waals surface area contributed by atoms with E-state index in [4.69, 9.17) is 16.6 Å². The van der Waals surface area contributed by atoms with E-state index in [9.17, 15) is 0 Å². The lowest BCUT2D eigenvalue weighted by atomic mass is 9.97. The molecule has 1 N–H and O–H groups in total. The molecule has 0 aliphatic carbocycles. The van der Waals surface area contributed by atoms with E-state index in [0.29, 0.717) is 10.9 Å². The van der Waals surface area contributed by atoms with Gasteiger partial charge in [-0.3, -0.25) is 4.90 Å².